The highest BCUT2D eigenvalue weighted by molar-refractivity contribution is 5.92. The molecule has 0 bridgehead atoms. The van der Waals surface area contributed by atoms with Crippen LogP contribution in [0.4, 0.5) is 0 Å². The lowest BCUT2D eigenvalue weighted by molar-refractivity contribution is 0.439. The number of hydrogen-bond donors (Lipinski definition) is 1. The van der Waals surface area contributed by atoms with Crippen molar-refractivity contribution in [1.29, 1.82) is 0 Å². The zero-order valence-electron chi connectivity index (χ0n) is 15.6. The molecule has 0 amide bonds. The summed E-state index contributed by atoms with van der Waals surface area (Å²) >= 11 is 0. The van der Waals surface area contributed by atoms with Crippen LogP contribution in [-0.4, -0.2) is 0 Å². The van der Waals surface area contributed by atoms with Crippen molar-refractivity contribution in [3.8, 4) is 0 Å². The van der Waals surface area contributed by atoms with E-state index < -0.39 is 0 Å². The Balaban J connectivity index is 1.72. The maximum atomic E-state index is 3.87. The summed E-state index contributed by atoms with van der Waals surface area (Å²) in [5.41, 5.74) is 7.45. The van der Waals surface area contributed by atoms with Crippen LogP contribution in [0.5, 0.6) is 0 Å². The molecule has 2 aliphatic rings. The summed E-state index contributed by atoms with van der Waals surface area (Å²) in [4.78, 5) is 0. The van der Waals surface area contributed by atoms with Crippen molar-refractivity contribution < 1.29 is 0 Å². The molecule has 0 spiro atoms. The molecule has 3 aromatic rings. The van der Waals surface area contributed by atoms with E-state index in [0.717, 1.165) is 12.5 Å². The first kappa shape index (κ1) is 16.1. The van der Waals surface area contributed by atoms with Gasteiger partial charge in [0.05, 0.1) is 6.04 Å². The summed E-state index contributed by atoms with van der Waals surface area (Å²) in [6.07, 6.45) is 6.92. The van der Waals surface area contributed by atoms with Crippen LogP contribution >= 0.6 is 0 Å². The third kappa shape index (κ3) is 2.57. The Labute approximate surface area is 156 Å². The molecular formula is C25H27N. The second-order valence-corrected chi connectivity index (χ2v) is 8.09. The highest BCUT2D eigenvalue weighted by atomic mass is 14.9. The topological polar surface area (TPSA) is 12.0 Å². The van der Waals surface area contributed by atoms with Crippen molar-refractivity contribution in [2.45, 2.75) is 57.5 Å². The molecule has 5 rings (SSSR count). The summed E-state index contributed by atoms with van der Waals surface area (Å²) in [6, 6.07) is 20.6. The number of aryl methyl sites for hydroxylation is 1. The number of hydrogen-bond acceptors (Lipinski definition) is 1. The number of nitrogens with one attached hydrogen (secondary N) is 1. The Morgan fingerprint density at radius 2 is 1.62 bits per heavy atom. The minimum absolute atomic E-state index is 0.300. The monoisotopic (exact) mass is 341 g/mol. The van der Waals surface area contributed by atoms with Gasteiger partial charge in [0.1, 0.15) is 0 Å². The third-order valence-corrected chi connectivity index (χ3v) is 6.54. The summed E-state index contributed by atoms with van der Waals surface area (Å²) in [5.74, 6) is 0.756. The van der Waals surface area contributed by atoms with E-state index in [1.807, 2.05) is 0 Å². The molecule has 1 fully saturated rings. The molecule has 1 atom stereocenters. The van der Waals surface area contributed by atoms with Crippen LogP contribution in [0.3, 0.4) is 0 Å². The fraction of sp³-hybridized carbons (Fsp3) is 0.360. The average Bonchev–Trinajstić information content (AvgIpc) is 2.72. The van der Waals surface area contributed by atoms with Crippen LogP contribution in [0.25, 0.3) is 10.8 Å². The molecule has 26 heavy (non-hydrogen) atoms. The Hall–Kier alpha value is -2.12. The first-order valence-corrected chi connectivity index (χ1v) is 10.2. The molecule has 1 heteroatoms. The minimum atomic E-state index is 0.300. The lowest BCUT2D eigenvalue weighted by Crippen LogP contribution is -2.28. The first-order valence-electron chi connectivity index (χ1n) is 10.2. The van der Waals surface area contributed by atoms with E-state index in [1.54, 1.807) is 11.1 Å². The van der Waals surface area contributed by atoms with Gasteiger partial charge in [0.2, 0.25) is 0 Å². The summed E-state index contributed by atoms with van der Waals surface area (Å²) in [7, 11) is 0. The molecule has 0 saturated heterocycles. The van der Waals surface area contributed by atoms with E-state index in [1.165, 1.54) is 59.6 Å². The van der Waals surface area contributed by atoms with E-state index >= 15 is 0 Å². The second-order valence-electron chi connectivity index (χ2n) is 8.09. The molecule has 1 N–H and O–H groups in total. The molecule has 0 radical (unpaired) electrons. The van der Waals surface area contributed by atoms with Gasteiger partial charge in [-0.05, 0) is 64.3 Å². The number of benzene rings is 3. The van der Waals surface area contributed by atoms with Gasteiger partial charge < -0.3 is 5.32 Å². The Morgan fingerprint density at radius 1 is 0.846 bits per heavy atom. The molecule has 3 aromatic carbocycles. The molecule has 1 nitrogen and oxygen atoms in total. The quantitative estimate of drug-likeness (QED) is 0.569. The van der Waals surface area contributed by atoms with Gasteiger partial charge in [-0.1, -0.05) is 73.9 Å². The Bertz CT molecular complexity index is 935. The maximum Gasteiger partial charge on any atom is 0.0588 e. The maximum absolute atomic E-state index is 3.87. The van der Waals surface area contributed by atoms with Gasteiger partial charge >= 0.3 is 0 Å². The smallest absolute Gasteiger partial charge is 0.0588 e. The summed E-state index contributed by atoms with van der Waals surface area (Å²) in [5, 5.41) is 6.81. The average molecular weight is 341 g/mol. The highest BCUT2D eigenvalue weighted by Gasteiger charge is 2.28. The first-order chi connectivity index (χ1) is 12.8. The fourth-order valence-electron chi connectivity index (χ4n) is 5.24. The van der Waals surface area contributed by atoms with Crippen molar-refractivity contribution in [3.63, 3.8) is 0 Å². The van der Waals surface area contributed by atoms with Gasteiger partial charge in [-0.3, -0.25) is 0 Å². The van der Waals surface area contributed by atoms with Crippen LogP contribution in [0.1, 0.15) is 71.9 Å². The van der Waals surface area contributed by atoms with Gasteiger partial charge in [0.15, 0.2) is 0 Å². The van der Waals surface area contributed by atoms with Crippen LogP contribution < -0.4 is 5.32 Å². The van der Waals surface area contributed by atoms with Crippen molar-refractivity contribution in [1.82, 2.24) is 5.32 Å². The minimum Gasteiger partial charge on any atom is -0.302 e. The summed E-state index contributed by atoms with van der Waals surface area (Å²) in [6.45, 7) is 3.26. The number of rotatable bonds is 2. The molecule has 0 aromatic heterocycles. The van der Waals surface area contributed by atoms with Gasteiger partial charge in [-0.2, -0.15) is 0 Å². The lowest BCUT2D eigenvalue weighted by Gasteiger charge is -2.33. The van der Waals surface area contributed by atoms with Crippen LogP contribution in [0.15, 0.2) is 54.6 Å². The van der Waals surface area contributed by atoms with Crippen LogP contribution in [-0.2, 0) is 6.54 Å². The zero-order chi connectivity index (χ0) is 17.5. The van der Waals surface area contributed by atoms with Gasteiger partial charge in [0, 0.05) is 6.54 Å². The molecular weight excluding hydrogens is 314 g/mol. The van der Waals surface area contributed by atoms with Crippen molar-refractivity contribution in [2.75, 3.05) is 0 Å². The van der Waals surface area contributed by atoms with E-state index in [2.05, 4.69) is 66.8 Å². The van der Waals surface area contributed by atoms with Crippen molar-refractivity contribution in [3.05, 3.63) is 82.4 Å². The predicted molar refractivity (Wildman–Crippen MR) is 110 cm³/mol. The van der Waals surface area contributed by atoms with Crippen molar-refractivity contribution >= 4 is 10.8 Å². The largest absolute Gasteiger partial charge is 0.302 e. The second kappa shape index (κ2) is 6.55. The van der Waals surface area contributed by atoms with E-state index in [9.17, 15) is 0 Å². The molecule has 1 saturated carbocycles. The zero-order valence-corrected chi connectivity index (χ0v) is 15.6. The highest BCUT2D eigenvalue weighted by Crippen LogP contribution is 2.42. The molecule has 1 aliphatic carbocycles. The van der Waals surface area contributed by atoms with Gasteiger partial charge in [0.25, 0.3) is 0 Å². The van der Waals surface area contributed by atoms with Gasteiger partial charge in [-0.15, -0.1) is 0 Å². The SMILES string of the molecule is Cc1ccc2ccc(C3CCCCC3)c3c2c1C(c1ccccc1)NC3. The molecule has 1 unspecified atom stereocenters. The van der Waals surface area contributed by atoms with E-state index in [0.29, 0.717) is 6.04 Å². The summed E-state index contributed by atoms with van der Waals surface area (Å²) < 4.78 is 0. The predicted octanol–water partition coefficient (Wildman–Crippen LogP) is 6.39. The third-order valence-electron chi connectivity index (χ3n) is 6.54. The molecule has 132 valence electrons. The van der Waals surface area contributed by atoms with Crippen LogP contribution in [0.2, 0.25) is 0 Å². The van der Waals surface area contributed by atoms with E-state index in [4.69, 9.17) is 0 Å². The van der Waals surface area contributed by atoms with Gasteiger partial charge in [-0.25, -0.2) is 0 Å². The molecule has 1 heterocycles. The Kier molecular flexibility index (Phi) is 4.05. The Morgan fingerprint density at radius 3 is 2.42 bits per heavy atom. The lowest BCUT2D eigenvalue weighted by atomic mass is 9.77. The van der Waals surface area contributed by atoms with Crippen LogP contribution in [0, 0.1) is 6.92 Å². The molecule has 1 aliphatic heterocycles. The fourth-order valence-corrected chi connectivity index (χ4v) is 5.24. The standard InChI is InChI=1S/C25H27N/c1-17-12-13-19-14-15-21(18-8-4-2-5-9-18)22-16-26-25(23(17)24(19)22)20-10-6-3-7-11-20/h3,6-7,10-15,18,25-26H,2,4-5,8-9,16H2,1H3. The normalized spacial score (nSPS) is 20.4. The van der Waals surface area contributed by atoms with E-state index in [-0.39, 0.29) is 0 Å². The van der Waals surface area contributed by atoms with Crippen molar-refractivity contribution in [2.24, 2.45) is 0 Å².